The van der Waals surface area contributed by atoms with Crippen molar-refractivity contribution in [2.75, 3.05) is 0 Å². The molecule has 0 nitrogen and oxygen atoms in total. The number of rotatable bonds is 4. The molecule has 10 heteroatoms. The number of benzene rings is 6. The zero-order valence-electron chi connectivity index (χ0n) is 31.1. The Balaban J connectivity index is 0.000000166. The molecule has 8 aromatic rings. The monoisotopic (exact) mass is 984 g/mol. The van der Waals surface area contributed by atoms with E-state index in [9.17, 15) is 26.3 Å². The maximum absolute atomic E-state index is 13.4. The Kier molecular flexibility index (Phi) is 13.5. The Morgan fingerprint density at radius 3 is 1.14 bits per heavy atom. The molecule has 8 rings (SSSR count). The average molecular weight is 986 g/mol. The third kappa shape index (κ3) is 9.28. The SMILES string of the molecule is CCc1cc2c(-c3ccc(C(F)(F)F)c4ccccc34)cccc2[cH-]1.CCc1cc2c(-c3ccc(C(F)(F)F)c4ccccc34)cccc2[cH-]1.[CH3][Sn]([CH3])=[Zr]([Cl])[Cl]. The van der Waals surface area contributed by atoms with E-state index in [0.717, 1.165) is 56.6 Å². The van der Waals surface area contributed by atoms with Gasteiger partial charge in [-0.15, -0.1) is 69.1 Å². The molecule has 288 valence electrons. The van der Waals surface area contributed by atoms with Crippen LogP contribution in [0.25, 0.3) is 65.3 Å². The molecule has 0 atom stereocenters. The molecule has 0 N–H and O–H groups in total. The summed E-state index contributed by atoms with van der Waals surface area (Å²) in [6.45, 7) is 4.20. The van der Waals surface area contributed by atoms with Crippen LogP contribution in [0.5, 0.6) is 0 Å². The van der Waals surface area contributed by atoms with Gasteiger partial charge in [-0.2, -0.15) is 38.5 Å². The van der Waals surface area contributed by atoms with Gasteiger partial charge in [0.05, 0.1) is 11.1 Å². The second-order valence-electron chi connectivity index (χ2n) is 13.7. The van der Waals surface area contributed by atoms with Crippen molar-refractivity contribution < 1.29 is 40.9 Å². The zero-order valence-corrected chi connectivity index (χ0v) is 38.0. The molecule has 0 spiro atoms. The van der Waals surface area contributed by atoms with Crippen LogP contribution in [0.2, 0.25) is 9.88 Å². The first kappa shape index (κ1) is 42.5. The second-order valence-corrected chi connectivity index (χ2v) is 62.0. The van der Waals surface area contributed by atoms with Crippen LogP contribution in [-0.4, -0.2) is 14.6 Å². The second kappa shape index (κ2) is 17.8. The molecule has 0 aromatic heterocycles. The van der Waals surface area contributed by atoms with Gasteiger partial charge < -0.3 is 0 Å². The molecule has 0 saturated carbocycles. The van der Waals surface area contributed by atoms with E-state index in [1.54, 1.807) is 60.7 Å². The molecule has 0 saturated heterocycles. The first-order valence-corrected chi connectivity index (χ1v) is 39.9. The third-order valence-electron chi connectivity index (χ3n) is 9.85. The molecule has 0 radical (unpaired) electrons. The summed E-state index contributed by atoms with van der Waals surface area (Å²) in [5.41, 5.74) is 4.91. The minimum atomic E-state index is -4.36. The van der Waals surface area contributed by atoms with Crippen molar-refractivity contribution in [3.05, 3.63) is 156 Å². The summed E-state index contributed by atoms with van der Waals surface area (Å²) in [6, 6.07) is 39.6. The molecule has 0 heterocycles. The van der Waals surface area contributed by atoms with Gasteiger partial charge in [0.2, 0.25) is 0 Å². The van der Waals surface area contributed by atoms with E-state index in [1.807, 2.05) is 36.4 Å². The van der Waals surface area contributed by atoms with Crippen molar-refractivity contribution in [1.29, 1.82) is 0 Å². The van der Waals surface area contributed by atoms with Crippen molar-refractivity contribution in [2.45, 2.75) is 48.9 Å². The van der Waals surface area contributed by atoms with Gasteiger partial charge in [-0.3, -0.25) is 0 Å². The molecule has 0 aliphatic heterocycles. The zero-order chi connectivity index (χ0) is 40.4. The Morgan fingerprint density at radius 1 is 0.482 bits per heavy atom. The van der Waals surface area contributed by atoms with E-state index < -0.39 is 52.6 Å². The first-order valence-electron chi connectivity index (χ1n) is 18.2. The van der Waals surface area contributed by atoms with E-state index in [1.165, 1.54) is 23.3 Å². The van der Waals surface area contributed by atoms with Crippen molar-refractivity contribution >= 4 is 74.7 Å². The molecule has 0 unspecified atom stereocenters. The van der Waals surface area contributed by atoms with Gasteiger partial charge in [-0.1, -0.05) is 97.8 Å². The van der Waals surface area contributed by atoms with Gasteiger partial charge in [0.25, 0.3) is 0 Å². The van der Waals surface area contributed by atoms with Gasteiger partial charge in [-0.25, -0.2) is 0 Å². The number of alkyl halides is 6. The summed E-state index contributed by atoms with van der Waals surface area (Å²) in [4.78, 5) is 4.52. The van der Waals surface area contributed by atoms with Crippen molar-refractivity contribution in [3.63, 3.8) is 0 Å². The fourth-order valence-corrected chi connectivity index (χ4v) is 7.03. The molecule has 56 heavy (non-hydrogen) atoms. The van der Waals surface area contributed by atoms with E-state index >= 15 is 0 Å². The normalized spacial score (nSPS) is 11.7. The summed E-state index contributed by atoms with van der Waals surface area (Å²) in [6.07, 6.45) is -6.86. The van der Waals surface area contributed by atoms with Crippen LogP contribution < -0.4 is 0 Å². The Hall–Kier alpha value is -3.10. The van der Waals surface area contributed by atoms with Gasteiger partial charge >= 0.3 is 68.4 Å². The molecular formula is C46H38Cl2F6SnZr-2. The van der Waals surface area contributed by atoms with Crippen LogP contribution in [0.4, 0.5) is 26.3 Å². The van der Waals surface area contributed by atoms with Crippen LogP contribution in [0, 0.1) is 0 Å². The Morgan fingerprint density at radius 2 is 0.821 bits per heavy atom. The predicted octanol–water partition coefficient (Wildman–Crippen LogP) is 16.1. The molecule has 0 amide bonds. The summed E-state index contributed by atoms with van der Waals surface area (Å²) < 4.78 is 80.1. The minimum absolute atomic E-state index is 0.242. The standard InChI is InChI=1S/2C22H16F3.2CH3.2ClH.Sn.Zr/c2*1-2-14-12-15-6-5-9-17(20(15)13-14)18-10-11-21(22(23,24)25)19-8-4-3-7-16(18)19;;;;;;/h2*3-13H,2H2,1H3;2*1H3;2*1H;;/q2*-1;;;;;;+2/p-2. The number of hydrogen-bond acceptors (Lipinski definition) is 0. The van der Waals surface area contributed by atoms with E-state index in [-0.39, 0.29) is 10.8 Å². The molecule has 0 bridgehead atoms. The maximum atomic E-state index is 13.4. The first-order chi connectivity index (χ1) is 26.6. The van der Waals surface area contributed by atoms with E-state index in [0.29, 0.717) is 10.8 Å². The number of fused-ring (bicyclic) bond motifs is 4. The van der Waals surface area contributed by atoms with Crippen LogP contribution >= 0.6 is 17.0 Å². The van der Waals surface area contributed by atoms with Gasteiger partial charge in [0.15, 0.2) is 0 Å². The van der Waals surface area contributed by atoms with Crippen LogP contribution in [-0.2, 0) is 39.7 Å². The number of halogens is 8. The fourth-order valence-electron chi connectivity index (χ4n) is 7.03. The molecular weight excluding hydrogens is 947 g/mol. The predicted molar refractivity (Wildman–Crippen MR) is 223 cm³/mol. The van der Waals surface area contributed by atoms with Crippen LogP contribution in [0.15, 0.2) is 133 Å². The number of hydrogen-bond donors (Lipinski definition) is 0. The fraction of sp³-hybridized carbons (Fsp3) is 0.174. The van der Waals surface area contributed by atoms with Crippen molar-refractivity contribution in [1.82, 2.24) is 0 Å². The summed E-state index contributed by atoms with van der Waals surface area (Å²) in [5.74, 6) is 0. The van der Waals surface area contributed by atoms with Crippen LogP contribution in [0.1, 0.15) is 36.1 Å². The van der Waals surface area contributed by atoms with Gasteiger partial charge in [-0.05, 0) is 57.6 Å². The average Bonchev–Trinajstić information content (AvgIpc) is 3.81. The Bertz CT molecular complexity index is 2510. The third-order valence-corrected chi connectivity index (χ3v) is 54.5. The quantitative estimate of drug-likeness (QED) is 0.0936. The van der Waals surface area contributed by atoms with Crippen LogP contribution in [0.3, 0.4) is 0 Å². The van der Waals surface area contributed by atoms with Gasteiger partial charge in [0.1, 0.15) is 0 Å². The summed E-state index contributed by atoms with van der Waals surface area (Å²) in [5, 5.41) is 6.16. The topological polar surface area (TPSA) is 0 Å². The molecule has 0 fully saturated rings. The number of aryl methyl sites for hydroxylation is 2. The summed E-state index contributed by atoms with van der Waals surface area (Å²) >= 11 is -2.53. The van der Waals surface area contributed by atoms with Gasteiger partial charge in [0, 0.05) is 0 Å². The van der Waals surface area contributed by atoms with Crippen molar-refractivity contribution in [3.8, 4) is 22.3 Å². The van der Waals surface area contributed by atoms with Crippen molar-refractivity contribution in [2.24, 2.45) is 0 Å². The summed E-state index contributed by atoms with van der Waals surface area (Å²) in [7, 11) is 11.3. The van der Waals surface area contributed by atoms with E-state index in [4.69, 9.17) is 17.0 Å². The molecule has 8 aromatic carbocycles. The Labute approximate surface area is 339 Å². The van der Waals surface area contributed by atoms with E-state index in [2.05, 4.69) is 48.0 Å². The molecule has 0 aliphatic carbocycles. The molecule has 0 aliphatic rings.